The quantitative estimate of drug-likeness (QED) is 0.791. The van der Waals surface area contributed by atoms with E-state index in [1.165, 1.54) is 18.5 Å². The highest BCUT2D eigenvalue weighted by Gasteiger charge is 1.99. The van der Waals surface area contributed by atoms with E-state index in [0.29, 0.717) is 12.4 Å². The molecule has 0 atom stereocenters. The van der Waals surface area contributed by atoms with Crippen molar-refractivity contribution in [2.75, 3.05) is 0 Å². The molecule has 1 aromatic carbocycles. The van der Waals surface area contributed by atoms with Crippen LogP contribution in [0.25, 0.3) is 0 Å². The average molecular weight is 219 g/mol. The van der Waals surface area contributed by atoms with E-state index >= 15 is 0 Å². The minimum Gasteiger partial charge on any atom is -0.459 e. The van der Waals surface area contributed by atoms with Gasteiger partial charge < -0.3 is 4.74 Å². The van der Waals surface area contributed by atoms with Crippen LogP contribution in [0, 0.1) is 12.7 Å². The maximum Gasteiger partial charge on any atom is 0.319 e. The van der Waals surface area contributed by atoms with Gasteiger partial charge in [0.15, 0.2) is 0 Å². The van der Waals surface area contributed by atoms with E-state index < -0.39 is 0 Å². The average Bonchev–Trinajstić information content (AvgIpc) is 2.28. The molecule has 0 saturated heterocycles. The number of hydrogen-bond donors (Lipinski definition) is 0. The van der Waals surface area contributed by atoms with Crippen LogP contribution in [-0.2, 0) is 6.61 Å². The molecule has 82 valence electrons. The first kappa shape index (κ1) is 10.5. The van der Waals surface area contributed by atoms with Crippen LogP contribution in [-0.4, -0.2) is 15.0 Å². The number of rotatable bonds is 3. The van der Waals surface area contributed by atoms with Crippen molar-refractivity contribution in [3.8, 4) is 6.01 Å². The Morgan fingerprint density at radius 3 is 2.62 bits per heavy atom. The van der Waals surface area contributed by atoms with E-state index in [-0.39, 0.29) is 11.8 Å². The summed E-state index contributed by atoms with van der Waals surface area (Å²) >= 11 is 0. The van der Waals surface area contributed by atoms with Gasteiger partial charge in [-0.1, -0.05) is 12.1 Å². The van der Waals surface area contributed by atoms with Crippen molar-refractivity contribution in [1.29, 1.82) is 0 Å². The third-order valence-corrected chi connectivity index (χ3v) is 1.95. The van der Waals surface area contributed by atoms with Crippen molar-refractivity contribution in [2.45, 2.75) is 13.5 Å². The first-order chi connectivity index (χ1) is 7.74. The van der Waals surface area contributed by atoms with Crippen molar-refractivity contribution in [3.05, 3.63) is 47.8 Å². The molecular formula is C11H10FN3O. The molecular weight excluding hydrogens is 209 g/mol. The van der Waals surface area contributed by atoms with Crippen LogP contribution in [0.15, 0.2) is 30.6 Å². The fourth-order valence-electron chi connectivity index (χ4n) is 1.16. The minimum atomic E-state index is -0.264. The minimum absolute atomic E-state index is 0.264. The standard InChI is InChI=1S/C11H10FN3O/c1-8-13-7-14-11(15-8)16-6-9-2-4-10(12)5-3-9/h2-5,7H,6H2,1H3. The summed E-state index contributed by atoms with van der Waals surface area (Å²) in [5.74, 6) is 0.337. The van der Waals surface area contributed by atoms with Crippen LogP contribution >= 0.6 is 0 Å². The second-order valence-corrected chi connectivity index (χ2v) is 3.23. The Bertz CT molecular complexity index is 473. The molecule has 5 heteroatoms. The highest BCUT2D eigenvalue weighted by molar-refractivity contribution is 5.15. The van der Waals surface area contributed by atoms with Crippen LogP contribution in [0.5, 0.6) is 6.01 Å². The lowest BCUT2D eigenvalue weighted by molar-refractivity contribution is 0.278. The zero-order valence-electron chi connectivity index (χ0n) is 8.72. The van der Waals surface area contributed by atoms with Gasteiger partial charge in [0.1, 0.15) is 24.6 Å². The van der Waals surface area contributed by atoms with Crippen molar-refractivity contribution >= 4 is 0 Å². The van der Waals surface area contributed by atoms with Gasteiger partial charge >= 0.3 is 6.01 Å². The van der Waals surface area contributed by atoms with Gasteiger partial charge in [0.05, 0.1) is 0 Å². The fourth-order valence-corrected chi connectivity index (χ4v) is 1.16. The number of aromatic nitrogens is 3. The Balaban J connectivity index is 1.99. The summed E-state index contributed by atoms with van der Waals surface area (Å²) in [5.41, 5.74) is 0.861. The summed E-state index contributed by atoms with van der Waals surface area (Å²) in [6.45, 7) is 2.07. The van der Waals surface area contributed by atoms with Gasteiger partial charge in [0, 0.05) is 0 Å². The van der Waals surface area contributed by atoms with Crippen molar-refractivity contribution in [1.82, 2.24) is 15.0 Å². The fraction of sp³-hybridized carbons (Fsp3) is 0.182. The molecule has 0 spiro atoms. The molecule has 0 aliphatic heterocycles. The molecule has 16 heavy (non-hydrogen) atoms. The molecule has 4 nitrogen and oxygen atoms in total. The number of aryl methyl sites for hydroxylation is 1. The van der Waals surface area contributed by atoms with E-state index in [1.807, 2.05) is 0 Å². The zero-order valence-corrected chi connectivity index (χ0v) is 8.72. The molecule has 0 bridgehead atoms. The van der Waals surface area contributed by atoms with Crippen molar-refractivity contribution in [2.24, 2.45) is 0 Å². The van der Waals surface area contributed by atoms with E-state index in [2.05, 4.69) is 15.0 Å². The maximum absolute atomic E-state index is 12.6. The Hall–Kier alpha value is -2.04. The largest absolute Gasteiger partial charge is 0.459 e. The van der Waals surface area contributed by atoms with Gasteiger partial charge in [-0.2, -0.15) is 9.97 Å². The van der Waals surface area contributed by atoms with Gasteiger partial charge in [-0.15, -0.1) is 0 Å². The summed E-state index contributed by atoms with van der Waals surface area (Å²) < 4.78 is 18.0. The number of nitrogens with zero attached hydrogens (tertiary/aromatic N) is 3. The molecule has 2 rings (SSSR count). The monoisotopic (exact) mass is 219 g/mol. The van der Waals surface area contributed by atoms with Crippen LogP contribution in [0.1, 0.15) is 11.4 Å². The smallest absolute Gasteiger partial charge is 0.319 e. The summed E-state index contributed by atoms with van der Waals surface area (Å²) in [4.78, 5) is 11.7. The van der Waals surface area contributed by atoms with Gasteiger partial charge in [-0.25, -0.2) is 9.37 Å². The number of hydrogen-bond acceptors (Lipinski definition) is 4. The molecule has 0 saturated carbocycles. The summed E-state index contributed by atoms with van der Waals surface area (Å²) in [7, 11) is 0. The summed E-state index contributed by atoms with van der Waals surface area (Å²) in [6, 6.07) is 6.36. The van der Waals surface area contributed by atoms with E-state index in [1.54, 1.807) is 19.1 Å². The lowest BCUT2D eigenvalue weighted by atomic mass is 10.2. The third kappa shape index (κ3) is 2.73. The lowest BCUT2D eigenvalue weighted by Crippen LogP contribution is -2.01. The van der Waals surface area contributed by atoms with Crippen molar-refractivity contribution in [3.63, 3.8) is 0 Å². The molecule has 2 aromatic rings. The second kappa shape index (κ2) is 4.65. The molecule has 0 amide bonds. The van der Waals surface area contributed by atoms with Gasteiger partial charge in [-0.05, 0) is 24.6 Å². The van der Waals surface area contributed by atoms with Crippen LogP contribution in [0.2, 0.25) is 0 Å². The molecule has 0 aliphatic carbocycles. The Labute approximate surface area is 92.2 Å². The second-order valence-electron chi connectivity index (χ2n) is 3.23. The normalized spacial score (nSPS) is 10.1. The Morgan fingerprint density at radius 2 is 1.94 bits per heavy atom. The third-order valence-electron chi connectivity index (χ3n) is 1.95. The molecule has 1 aromatic heterocycles. The maximum atomic E-state index is 12.6. The van der Waals surface area contributed by atoms with E-state index in [0.717, 1.165) is 5.56 Å². The highest BCUT2D eigenvalue weighted by Crippen LogP contribution is 2.07. The molecule has 0 fully saturated rings. The highest BCUT2D eigenvalue weighted by atomic mass is 19.1. The van der Waals surface area contributed by atoms with Gasteiger partial charge in [0.2, 0.25) is 0 Å². The molecule has 0 N–H and O–H groups in total. The Kier molecular flexibility index (Phi) is 3.05. The first-order valence-electron chi connectivity index (χ1n) is 4.77. The van der Waals surface area contributed by atoms with Gasteiger partial charge in [-0.3, -0.25) is 0 Å². The molecule has 0 unspecified atom stereocenters. The number of halogens is 1. The molecule has 0 radical (unpaired) electrons. The SMILES string of the molecule is Cc1ncnc(OCc2ccc(F)cc2)n1. The molecule has 0 aliphatic rings. The Morgan fingerprint density at radius 1 is 1.19 bits per heavy atom. The zero-order chi connectivity index (χ0) is 11.4. The predicted molar refractivity (Wildman–Crippen MR) is 55.3 cm³/mol. The van der Waals surface area contributed by atoms with Crippen LogP contribution < -0.4 is 4.74 Å². The first-order valence-corrected chi connectivity index (χ1v) is 4.77. The predicted octanol–water partition coefficient (Wildman–Crippen LogP) is 1.90. The number of benzene rings is 1. The molecule has 1 heterocycles. The van der Waals surface area contributed by atoms with E-state index in [4.69, 9.17) is 4.74 Å². The topological polar surface area (TPSA) is 47.9 Å². The summed E-state index contributed by atoms with van der Waals surface area (Å²) in [6.07, 6.45) is 1.39. The van der Waals surface area contributed by atoms with Crippen LogP contribution in [0.4, 0.5) is 4.39 Å². The van der Waals surface area contributed by atoms with E-state index in [9.17, 15) is 4.39 Å². The summed E-state index contributed by atoms with van der Waals surface area (Å²) in [5, 5.41) is 0. The van der Waals surface area contributed by atoms with Crippen molar-refractivity contribution < 1.29 is 9.13 Å². The number of ether oxygens (including phenoxy) is 1. The lowest BCUT2D eigenvalue weighted by Gasteiger charge is -2.03. The van der Waals surface area contributed by atoms with Gasteiger partial charge in [0.25, 0.3) is 0 Å². The van der Waals surface area contributed by atoms with Crippen LogP contribution in [0.3, 0.4) is 0 Å².